The van der Waals surface area contributed by atoms with Gasteiger partial charge < -0.3 is 4.74 Å². The van der Waals surface area contributed by atoms with E-state index < -0.39 is 0 Å². The molecule has 1 aromatic heterocycles. The quantitative estimate of drug-likeness (QED) is 0.683. The number of hydrogen-bond donors (Lipinski definition) is 0. The van der Waals surface area contributed by atoms with Crippen LogP contribution in [0, 0.1) is 0 Å². The third kappa shape index (κ3) is 1.47. The summed E-state index contributed by atoms with van der Waals surface area (Å²) in [5, 5.41) is 1.17. The summed E-state index contributed by atoms with van der Waals surface area (Å²) < 4.78 is 5.49. The van der Waals surface area contributed by atoms with Crippen molar-refractivity contribution >= 4 is 10.9 Å². The molecule has 0 fully saturated rings. The lowest BCUT2D eigenvalue weighted by molar-refractivity contribution is -0.345. The lowest BCUT2D eigenvalue weighted by atomic mass is 10.2. The smallest absolute Gasteiger partial charge is 0.253 e. The van der Waals surface area contributed by atoms with Crippen LogP contribution in [0.15, 0.2) is 36.5 Å². The molecule has 0 aliphatic carbocycles. The first kappa shape index (κ1) is 8.05. The van der Waals surface area contributed by atoms with Crippen molar-refractivity contribution in [2.45, 2.75) is 6.92 Å². The summed E-state index contributed by atoms with van der Waals surface area (Å²) in [7, 11) is 0. The molecule has 0 bridgehead atoms. The number of hydrogen-bond acceptors (Lipinski definition) is 1. The predicted octanol–water partition coefficient (Wildman–Crippen LogP) is 2.05. The van der Waals surface area contributed by atoms with Crippen molar-refractivity contribution in [1.82, 2.24) is 0 Å². The molecule has 1 aromatic carbocycles. The van der Waals surface area contributed by atoms with Gasteiger partial charge >= 0.3 is 0 Å². The van der Waals surface area contributed by atoms with Crippen molar-refractivity contribution in [1.29, 1.82) is 0 Å². The minimum atomic E-state index is 0.696. The van der Waals surface area contributed by atoms with Crippen molar-refractivity contribution < 1.29 is 9.72 Å². The van der Waals surface area contributed by atoms with Gasteiger partial charge in [0.25, 0.3) is 5.52 Å². The van der Waals surface area contributed by atoms with Crippen LogP contribution in [-0.4, -0.2) is 6.61 Å². The standard InChI is InChI=1S/C11H11NO/c1-2-13-10-7-3-5-9-6-4-8-12-11(9)10/h3-8H,2H2,1H3/p+1. The van der Waals surface area contributed by atoms with Gasteiger partial charge in [-0.25, -0.2) is 4.98 Å². The molecular weight excluding hydrogens is 162 g/mol. The molecule has 13 heavy (non-hydrogen) atoms. The van der Waals surface area contributed by atoms with E-state index in [4.69, 9.17) is 4.74 Å². The predicted molar refractivity (Wildman–Crippen MR) is 51.7 cm³/mol. The lowest BCUT2D eigenvalue weighted by Gasteiger charge is -2.01. The van der Waals surface area contributed by atoms with E-state index in [1.54, 1.807) is 0 Å². The SMILES string of the molecule is CCOc1cccc2ccc[nH+]c12. The molecule has 1 heterocycles. The zero-order chi connectivity index (χ0) is 9.10. The molecule has 2 nitrogen and oxygen atoms in total. The van der Waals surface area contributed by atoms with E-state index in [1.165, 1.54) is 5.39 Å². The molecule has 1 N–H and O–H groups in total. The molecule has 2 heteroatoms. The number of aromatic nitrogens is 1. The highest BCUT2D eigenvalue weighted by atomic mass is 16.5. The highest BCUT2D eigenvalue weighted by Crippen LogP contribution is 2.20. The maximum absolute atomic E-state index is 5.49. The number of aromatic amines is 1. The average molecular weight is 174 g/mol. The van der Waals surface area contributed by atoms with Gasteiger partial charge in [0.05, 0.1) is 12.0 Å². The summed E-state index contributed by atoms with van der Waals surface area (Å²) in [5.74, 6) is 0.917. The molecule has 0 radical (unpaired) electrons. The van der Waals surface area contributed by atoms with E-state index in [-0.39, 0.29) is 0 Å². The van der Waals surface area contributed by atoms with Gasteiger partial charge in [0.2, 0.25) is 0 Å². The summed E-state index contributed by atoms with van der Waals surface area (Å²) in [4.78, 5) is 3.18. The van der Waals surface area contributed by atoms with Crippen LogP contribution in [0.3, 0.4) is 0 Å². The molecule has 0 saturated heterocycles. The zero-order valence-electron chi connectivity index (χ0n) is 7.58. The molecule has 0 aliphatic rings. The van der Waals surface area contributed by atoms with E-state index in [1.807, 2.05) is 31.3 Å². The fraction of sp³-hybridized carbons (Fsp3) is 0.182. The van der Waals surface area contributed by atoms with Crippen LogP contribution in [0.2, 0.25) is 0 Å². The average Bonchev–Trinajstić information content (AvgIpc) is 2.19. The Morgan fingerprint density at radius 2 is 2.08 bits per heavy atom. The van der Waals surface area contributed by atoms with E-state index in [0.29, 0.717) is 6.61 Å². The molecule has 2 rings (SSSR count). The fourth-order valence-corrected chi connectivity index (χ4v) is 1.40. The van der Waals surface area contributed by atoms with Gasteiger partial charge in [0.15, 0.2) is 11.9 Å². The molecular formula is C11H12NO+. The van der Waals surface area contributed by atoms with Gasteiger partial charge in [-0.15, -0.1) is 0 Å². The number of rotatable bonds is 2. The van der Waals surface area contributed by atoms with Gasteiger partial charge in [0.1, 0.15) is 0 Å². The maximum atomic E-state index is 5.49. The fourth-order valence-electron chi connectivity index (χ4n) is 1.40. The van der Waals surface area contributed by atoms with Gasteiger partial charge in [-0.1, -0.05) is 6.07 Å². The number of benzene rings is 1. The lowest BCUT2D eigenvalue weighted by Crippen LogP contribution is -2.04. The van der Waals surface area contributed by atoms with Crippen molar-refractivity contribution in [3.05, 3.63) is 36.5 Å². The van der Waals surface area contributed by atoms with Gasteiger partial charge in [-0.3, -0.25) is 0 Å². The number of pyridine rings is 1. The number of fused-ring (bicyclic) bond motifs is 1. The third-order valence-electron chi connectivity index (χ3n) is 1.96. The number of ether oxygens (including phenoxy) is 1. The Kier molecular flexibility index (Phi) is 2.13. The summed E-state index contributed by atoms with van der Waals surface area (Å²) in [6.45, 7) is 2.68. The second kappa shape index (κ2) is 3.44. The van der Waals surface area contributed by atoms with Crippen molar-refractivity contribution in [2.24, 2.45) is 0 Å². The Bertz CT molecular complexity index is 406. The van der Waals surface area contributed by atoms with Gasteiger partial charge in [-0.2, -0.15) is 0 Å². The first-order valence-electron chi connectivity index (χ1n) is 4.44. The summed E-state index contributed by atoms with van der Waals surface area (Å²) in [6, 6.07) is 10.1. The Balaban J connectivity index is 2.61. The van der Waals surface area contributed by atoms with Gasteiger partial charge in [0, 0.05) is 6.07 Å². The monoisotopic (exact) mass is 174 g/mol. The van der Waals surface area contributed by atoms with Crippen LogP contribution >= 0.6 is 0 Å². The minimum absolute atomic E-state index is 0.696. The molecule has 0 spiro atoms. The molecule has 0 unspecified atom stereocenters. The number of nitrogens with one attached hydrogen (secondary N) is 1. The summed E-state index contributed by atoms with van der Waals surface area (Å²) >= 11 is 0. The van der Waals surface area contributed by atoms with Crippen molar-refractivity contribution in [2.75, 3.05) is 6.61 Å². The topological polar surface area (TPSA) is 23.4 Å². The van der Waals surface area contributed by atoms with Crippen LogP contribution in [0.5, 0.6) is 5.75 Å². The van der Waals surface area contributed by atoms with Crippen LogP contribution in [0.25, 0.3) is 10.9 Å². The second-order valence-corrected chi connectivity index (χ2v) is 2.82. The first-order valence-corrected chi connectivity index (χ1v) is 4.44. The minimum Gasteiger partial charge on any atom is -0.487 e. The van der Waals surface area contributed by atoms with Crippen molar-refractivity contribution in [3.63, 3.8) is 0 Å². The first-order chi connectivity index (χ1) is 6.42. The Morgan fingerprint density at radius 3 is 2.92 bits per heavy atom. The zero-order valence-corrected chi connectivity index (χ0v) is 7.58. The third-order valence-corrected chi connectivity index (χ3v) is 1.96. The number of H-pyrrole nitrogens is 1. The van der Waals surface area contributed by atoms with E-state index in [9.17, 15) is 0 Å². The summed E-state index contributed by atoms with van der Waals surface area (Å²) in [5.41, 5.74) is 1.06. The van der Waals surface area contributed by atoms with Gasteiger partial charge in [-0.05, 0) is 25.1 Å². The molecule has 0 aliphatic heterocycles. The Labute approximate surface area is 77.2 Å². The van der Waals surface area contributed by atoms with E-state index >= 15 is 0 Å². The van der Waals surface area contributed by atoms with Crippen molar-refractivity contribution in [3.8, 4) is 5.75 Å². The normalized spacial score (nSPS) is 10.2. The van der Waals surface area contributed by atoms with Crippen LogP contribution in [0.4, 0.5) is 0 Å². The molecule has 0 atom stereocenters. The molecule has 0 saturated carbocycles. The van der Waals surface area contributed by atoms with Crippen LogP contribution in [-0.2, 0) is 0 Å². The van der Waals surface area contributed by atoms with E-state index in [0.717, 1.165) is 11.3 Å². The second-order valence-electron chi connectivity index (χ2n) is 2.82. The van der Waals surface area contributed by atoms with E-state index in [2.05, 4.69) is 17.1 Å². The largest absolute Gasteiger partial charge is 0.487 e. The van der Waals surface area contributed by atoms with Crippen LogP contribution < -0.4 is 9.72 Å². The van der Waals surface area contributed by atoms with Crippen LogP contribution in [0.1, 0.15) is 6.92 Å². The molecule has 66 valence electrons. The molecule has 2 aromatic rings. The summed E-state index contributed by atoms with van der Waals surface area (Å²) in [6.07, 6.45) is 1.91. The Morgan fingerprint density at radius 1 is 1.23 bits per heavy atom. The highest BCUT2D eigenvalue weighted by molar-refractivity contribution is 5.80. The Hall–Kier alpha value is -1.57. The maximum Gasteiger partial charge on any atom is 0.253 e. The molecule has 0 amide bonds. The highest BCUT2D eigenvalue weighted by Gasteiger charge is 2.05. The number of para-hydroxylation sites is 1.